The molecule has 0 rings (SSSR count). The van der Waals surface area contributed by atoms with Gasteiger partial charge in [0.15, 0.2) is 0 Å². The normalized spacial score (nSPS) is 8.00. The first-order valence-electron chi connectivity index (χ1n) is 3.64. The van der Waals surface area contributed by atoms with Gasteiger partial charge in [-0.25, -0.2) is 0 Å². The molecular weight excluding hydrogens is 122 g/mol. The highest BCUT2D eigenvalue weighted by Gasteiger charge is 1.81. The second-order valence-electron chi connectivity index (χ2n) is 1.96. The quantitative estimate of drug-likeness (QED) is 0.545. The molecule has 0 saturated heterocycles. The van der Waals surface area contributed by atoms with Gasteiger partial charge in [0.2, 0.25) is 0 Å². The molecule has 0 aromatic carbocycles. The number of hydrogen-bond donors (Lipinski definition) is 0. The van der Waals surface area contributed by atoms with Gasteiger partial charge in [-0.3, -0.25) is 0 Å². The molecule has 10 heavy (non-hydrogen) atoms. The Morgan fingerprint density at radius 1 is 1.10 bits per heavy atom. The van der Waals surface area contributed by atoms with Crippen molar-refractivity contribution in [2.45, 2.75) is 13.8 Å². The molecule has 0 saturated carbocycles. The van der Waals surface area contributed by atoms with Crippen LogP contribution in [0.2, 0.25) is 0 Å². The molecule has 0 amide bonds. The van der Waals surface area contributed by atoms with Gasteiger partial charge >= 0.3 is 0 Å². The maximum atomic E-state index is 3.36. The predicted octanol–water partition coefficient (Wildman–Crippen LogP) is 2.32. The summed E-state index contributed by atoms with van der Waals surface area (Å²) >= 11 is 0. The topological polar surface area (TPSA) is 3.24 Å². The molecular formula is C9H19N. The van der Waals surface area contributed by atoms with E-state index in [2.05, 4.69) is 39.0 Å². The Morgan fingerprint density at radius 2 is 1.40 bits per heavy atom. The van der Waals surface area contributed by atoms with Crippen LogP contribution in [0, 0.1) is 0 Å². The zero-order valence-corrected chi connectivity index (χ0v) is 7.43. The first-order chi connectivity index (χ1) is 4.72. The Labute approximate surface area is 65.0 Å². The molecule has 1 heteroatoms. The Morgan fingerprint density at radius 3 is 1.40 bits per heavy atom. The maximum absolute atomic E-state index is 3.36. The van der Waals surface area contributed by atoms with E-state index in [9.17, 15) is 0 Å². The molecule has 60 valence electrons. The first-order valence-corrected chi connectivity index (χ1v) is 3.64. The third-order valence-electron chi connectivity index (χ3n) is 1.25. The van der Waals surface area contributed by atoms with Gasteiger partial charge in [-0.1, -0.05) is 39.2 Å². The van der Waals surface area contributed by atoms with Crippen LogP contribution in [0.4, 0.5) is 0 Å². The fourth-order valence-corrected chi connectivity index (χ4v) is 0.224. The zero-order valence-electron chi connectivity index (χ0n) is 7.43. The van der Waals surface area contributed by atoms with Crippen molar-refractivity contribution in [3.05, 3.63) is 25.3 Å². The predicted molar refractivity (Wildman–Crippen MR) is 49.2 cm³/mol. The third-order valence-corrected chi connectivity index (χ3v) is 1.25. The second kappa shape index (κ2) is 11.3. The molecule has 0 spiro atoms. The largest absolute Gasteiger partial charge is 0.307 e. The van der Waals surface area contributed by atoms with Crippen LogP contribution in [-0.4, -0.2) is 25.0 Å². The number of allylic oxidation sites excluding steroid dienone is 2. The summed E-state index contributed by atoms with van der Waals surface area (Å²) in [6.07, 6.45) is 3.28. The molecule has 0 aliphatic heterocycles. The summed E-state index contributed by atoms with van der Waals surface area (Å²) in [6, 6.07) is 0. The standard InChI is InChI=1S/C5H13N.C4H6/c1-4-6(3)5-2;1-3-4-2/h4-5H2,1-3H3;3-4H,1-2H2. The molecule has 0 radical (unpaired) electrons. The molecule has 0 heterocycles. The molecule has 0 unspecified atom stereocenters. The van der Waals surface area contributed by atoms with Gasteiger partial charge in [0.25, 0.3) is 0 Å². The van der Waals surface area contributed by atoms with E-state index in [1.807, 2.05) is 0 Å². The van der Waals surface area contributed by atoms with Crippen LogP contribution < -0.4 is 0 Å². The van der Waals surface area contributed by atoms with Crippen LogP contribution in [0.5, 0.6) is 0 Å². The smallest absolute Gasteiger partial charge is 0.00504 e. The summed E-state index contributed by atoms with van der Waals surface area (Å²) < 4.78 is 0. The van der Waals surface area contributed by atoms with E-state index in [0.717, 1.165) is 13.1 Å². The fraction of sp³-hybridized carbons (Fsp3) is 0.556. The molecule has 1 nitrogen and oxygen atoms in total. The van der Waals surface area contributed by atoms with Gasteiger partial charge < -0.3 is 4.90 Å². The van der Waals surface area contributed by atoms with Crippen LogP contribution in [0.25, 0.3) is 0 Å². The number of hydrogen-bond acceptors (Lipinski definition) is 1. The summed E-state index contributed by atoms with van der Waals surface area (Å²) in [4.78, 5) is 2.25. The molecule has 0 N–H and O–H groups in total. The summed E-state index contributed by atoms with van der Waals surface area (Å²) in [5.74, 6) is 0. The number of rotatable bonds is 3. The third kappa shape index (κ3) is 15.7. The van der Waals surface area contributed by atoms with E-state index < -0.39 is 0 Å². The molecule has 0 aliphatic rings. The minimum absolute atomic E-state index is 1.16. The summed E-state index contributed by atoms with van der Waals surface area (Å²) in [5, 5.41) is 0. The average Bonchev–Trinajstić information content (AvgIpc) is 2.03. The minimum atomic E-state index is 1.16. The van der Waals surface area contributed by atoms with Crippen LogP contribution >= 0.6 is 0 Å². The first kappa shape index (κ1) is 12.1. The Bertz CT molecular complexity index is 66.8. The van der Waals surface area contributed by atoms with E-state index in [1.165, 1.54) is 0 Å². The Hall–Kier alpha value is -0.560. The van der Waals surface area contributed by atoms with Crippen molar-refractivity contribution in [1.29, 1.82) is 0 Å². The zero-order chi connectivity index (χ0) is 8.41. The molecule has 0 aromatic heterocycles. The van der Waals surface area contributed by atoms with E-state index in [1.54, 1.807) is 12.2 Å². The SMILES string of the molecule is C=CC=C.CCN(C)CC. The lowest BCUT2D eigenvalue weighted by Gasteiger charge is -2.07. The van der Waals surface area contributed by atoms with E-state index >= 15 is 0 Å². The van der Waals surface area contributed by atoms with E-state index in [0.29, 0.717) is 0 Å². The summed E-state index contributed by atoms with van der Waals surface area (Å²) in [6.45, 7) is 13.4. The summed E-state index contributed by atoms with van der Waals surface area (Å²) in [5.41, 5.74) is 0. The highest BCUT2D eigenvalue weighted by atomic mass is 15.1. The average molecular weight is 141 g/mol. The van der Waals surface area contributed by atoms with E-state index in [4.69, 9.17) is 0 Å². The van der Waals surface area contributed by atoms with Crippen molar-refractivity contribution < 1.29 is 0 Å². The lowest BCUT2D eigenvalue weighted by Crippen LogP contribution is -2.15. The highest BCUT2D eigenvalue weighted by Crippen LogP contribution is 1.73. The monoisotopic (exact) mass is 141 g/mol. The van der Waals surface area contributed by atoms with Crippen molar-refractivity contribution in [2.75, 3.05) is 20.1 Å². The van der Waals surface area contributed by atoms with Gasteiger partial charge in [0, 0.05) is 0 Å². The van der Waals surface area contributed by atoms with Crippen LogP contribution in [0.3, 0.4) is 0 Å². The Kier molecular flexibility index (Phi) is 13.7. The molecule has 0 atom stereocenters. The van der Waals surface area contributed by atoms with Crippen molar-refractivity contribution in [1.82, 2.24) is 4.90 Å². The molecule has 0 bridgehead atoms. The van der Waals surface area contributed by atoms with Crippen LogP contribution in [-0.2, 0) is 0 Å². The van der Waals surface area contributed by atoms with Gasteiger partial charge in [-0.2, -0.15) is 0 Å². The minimum Gasteiger partial charge on any atom is -0.307 e. The fourth-order valence-electron chi connectivity index (χ4n) is 0.224. The highest BCUT2D eigenvalue weighted by molar-refractivity contribution is 4.88. The van der Waals surface area contributed by atoms with E-state index in [-0.39, 0.29) is 0 Å². The van der Waals surface area contributed by atoms with Crippen molar-refractivity contribution in [3.63, 3.8) is 0 Å². The van der Waals surface area contributed by atoms with Crippen LogP contribution in [0.15, 0.2) is 25.3 Å². The van der Waals surface area contributed by atoms with Crippen molar-refractivity contribution >= 4 is 0 Å². The molecule has 0 aromatic rings. The van der Waals surface area contributed by atoms with Gasteiger partial charge in [-0.15, -0.1) is 0 Å². The van der Waals surface area contributed by atoms with Crippen LogP contribution in [0.1, 0.15) is 13.8 Å². The molecule has 0 aliphatic carbocycles. The summed E-state index contributed by atoms with van der Waals surface area (Å²) in [7, 11) is 2.11. The van der Waals surface area contributed by atoms with Gasteiger partial charge in [0.1, 0.15) is 0 Å². The van der Waals surface area contributed by atoms with Gasteiger partial charge in [0.05, 0.1) is 0 Å². The second-order valence-corrected chi connectivity index (χ2v) is 1.96. The number of nitrogens with zero attached hydrogens (tertiary/aromatic N) is 1. The maximum Gasteiger partial charge on any atom is -0.00504 e. The molecule has 0 fully saturated rings. The lowest BCUT2D eigenvalue weighted by atomic mass is 10.6. The van der Waals surface area contributed by atoms with Gasteiger partial charge in [-0.05, 0) is 20.1 Å². The Balaban J connectivity index is 0. The van der Waals surface area contributed by atoms with Crippen molar-refractivity contribution in [3.8, 4) is 0 Å². The van der Waals surface area contributed by atoms with Crippen molar-refractivity contribution in [2.24, 2.45) is 0 Å². The lowest BCUT2D eigenvalue weighted by molar-refractivity contribution is 0.373.